The molecule has 2 rings (SSSR count). The summed E-state index contributed by atoms with van der Waals surface area (Å²) in [7, 11) is 0. The molecular formula is C33H46N2O6. The summed E-state index contributed by atoms with van der Waals surface area (Å²) in [5, 5.41) is 2.93. The molecule has 1 aliphatic heterocycles. The molecule has 3 amide bonds. The number of hydrogen-bond donors (Lipinski definition) is 1. The van der Waals surface area contributed by atoms with Gasteiger partial charge in [0.05, 0.1) is 29.5 Å². The Morgan fingerprint density at radius 3 is 2.05 bits per heavy atom. The van der Waals surface area contributed by atoms with E-state index >= 15 is 0 Å². The average molecular weight is 567 g/mol. The highest BCUT2D eigenvalue weighted by molar-refractivity contribution is 6.02. The van der Waals surface area contributed by atoms with Crippen LogP contribution in [0, 0.1) is 16.2 Å². The lowest BCUT2D eigenvalue weighted by molar-refractivity contribution is -0.160. The number of carbonyl (C=O) groups excluding carboxylic acids is 4. The lowest BCUT2D eigenvalue weighted by Crippen LogP contribution is -2.57. The van der Waals surface area contributed by atoms with Gasteiger partial charge in [0.1, 0.15) is 5.76 Å². The van der Waals surface area contributed by atoms with Gasteiger partial charge in [-0.25, -0.2) is 0 Å². The lowest BCUT2D eigenvalue weighted by atomic mass is 9.63. The fraction of sp³-hybridized carbons (Fsp3) is 0.515. The summed E-state index contributed by atoms with van der Waals surface area (Å²) < 4.78 is 11.3. The quantitative estimate of drug-likeness (QED) is 0.137. The molecule has 224 valence electrons. The predicted octanol–water partition coefficient (Wildman–Crippen LogP) is 5.95. The normalized spacial score (nSPS) is 15.0. The molecule has 0 radical (unpaired) electrons. The number of nitrogens with zero attached hydrogens (tertiary/aromatic N) is 1. The standard InChI is InChI=1S/C33H46N2O6/c1-11-13-25(14-12-2)41-29(39)31(5,6)22-40-21-30(3,4)27(37)34-24-17-15-23(16-18-24)32(7,8)33(9,10)28(38)35-20-19-26(35)36/h11-18H,1,19-22H2,2-10H3,(H,34,37). The molecule has 1 N–H and O–H groups in total. The van der Waals surface area contributed by atoms with Gasteiger partial charge in [0.2, 0.25) is 17.7 Å². The maximum Gasteiger partial charge on any atom is 0.319 e. The van der Waals surface area contributed by atoms with Crippen LogP contribution in [0.2, 0.25) is 0 Å². The number of carbonyl (C=O) groups is 4. The van der Waals surface area contributed by atoms with E-state index in [-0.39, 0.29) is 30.9 Å². The monoisotopic (exact) mass is 566 g/mol. The van der Waals surface area contributed by atoms with E-state index < -0.39 is 27.6 Å². The van der Waals surface area contributed by atoms with E-state index in [2.05, 4.69) is 11.9 Å². The molecule has 0 atom stereocenters. The van der Waals surface area contributed by atoms with Crippen molar-refractivity contribution in [3.63, 3.8) is 0 Å². The Labute approximate surface area is 244 Å². The minimum Gasteiger partial charge on any atom is -0.426 e. The Morgan fingerprint density at radius 2 is 1.56 bits per heavy atom. The van der Waals surface area contributed by atoms with Crippen molar-refractivity contribution < 1.29 is 28.7 Å². The highest BCUT2D eigenvalue weighted by Gasteiger charge is 2.49. The zero-order valence-electron chi connectivity index (χ0n) is 26.1. The summed E-state index contributed by atoms with van der Waals surface area (Å²) in [6.07, 6.45) is 7.00. The first-order valence-electron chi connectivity index (χ1n) is 13.9. The van der Waals surface area contributed by atoms with Crippen molar-refractivity contribution in [3.05, 3.63) is 66.5 Å². The van der Waals surface area contributed by atoms with E-state index in [0.29, 0.717) is 24.4 Å². The van der Waals surface area contributed by atoms with Crippen molar-refractivity contribution in [2.45, 2.75) is 74.1 Å². The van der Waals surface area contributed by atoms with Gasteiger partial charge in [-0.05, 0) is 64.5 Å². The van der Waals surface area contributed by atoms with Crippen LogP contribution >= 0.6 is 0 Å². The van der Waals surface area contributed by atoms with E-state index in [1.165, 1.54) is 4.90 Å². The van der Waals surface area contributed by atoms with Crippen LogP contribution < -0.4 is 5.32 Å². The molecule has 1 fully saturated rings. The van der Waals surface area contributed by atoms with Gasteiger partial charge in [0.25, 0.3) is 0 Å². The molecule has 0 aliphatic carbocycles. The Morgan fingerprint density at radius 1 is 0.976 bits per heavy atom. The largest absolute Gasteiger partial charge is 0.426 e. The number of ether oxygens (including phenoxy) is 2. The third kappa shape index (κ3) is 7.82. The third-order valence-corrected chi connectivity index (χ3v) is 7.97. The van der Waals surface area contributed by atoms with Gasteiger partial charge < -0.3 is 14.8 Å². The minimum atomic E-state index is -0.935. The number of allylic oxidation sites excluding steroid dienone is 4. The van der Waals surface area contributed by atoms with E-state index in [1.54, 1.807) is 64.1 Å². The van der Waals surface area contributed by atoms with Crippen LogP contribution in [-0.2, 0) is 34.1 Å². The number of rotatable bonds is 13. The van der Waals surface area contributed by atoms with Gasteiger partial charge >= 0.3 is 5.97 Å². The first-order valence-corrected chi connectivity index (χ1v) is 13.9. The van der Waals surface area contributed by atoms with Crippen molar-refractivity contribution >= 4 is 29.4 Å². The maximum absolute atomic E-state index is 13.1. The van der Waals surface area contributed by atoms with Crippen LogP contribution in [0.5, 0.6) is 0 Å². The van der Waals surface area contributed by atoms with Gasteiger partial charge in [-0.2, -0.15) is 0 Å². The summed E-state index contributed by atoms with van der Waals surface area (Å²) >= 11 is 0. The van der Waals surface area contributed by atoms with Gasteiger partial charge in [-0.1, -0.05) is 58.6 Å². The number of nitrogens with one attached hydrogen (secondary N) is 1. The Hall–Kier alpha value is -3.52. The number of anilines is 1. The predicted molar refractivity (Wildman–Crippen MR) is 161 cm³/mol. The molecule has 1 aromatic rings. The zero-order chi connectivity index (χ0) is 31.2. The third-order valence-electron chi connectivity index (χ3n) is 7.97. The van der Waals surface area contributed by atoms with Gasteiger partial charge in [0, 0.05) is 24.1 Å². The molecule has 41 heavy (non-hydrogen) atoms. The Kier molecular flexibility index (Phi) is 10.7. The van der Waals surface area contributed by atoms with E-state index in [9.17, 15) is 19.2 Å². The van der Waals surface area contributed by atoms with Crippen LogP contribution in [0.1, 0.15) is 74.3 Å². The van der Waals surface area contributed by atoms with Crippen LogP contribution in [0.3, 0.4) is 0 Å². The maximum atomic E-state index is 13.1. The van der Waals surface area contributed by atoms with Crippen LogP contribution in [0.15, 0.2) is 60.9 Å². The molecular weight excluding hydrogens is 520 g/mol. The van der Waals surface area contributed by atoms with E-state index in [0.717, 1.165) is 5.56 Å². The Balaban J connectivity index is 2.00. The molecule has 1 heterocycles. The SMILES string of the molecule is C=CC=C(C=CC)OC(=O)C(C)(C)COCC(C)(C)C(=O)Nc1ccc(C(C)(C)C(C)(C)C(=O)N2CCC2=O)cc1. The van der Waals surface area contributed by atoms with Crippen LogP contribution in [0.4, 0.5) is 5.69 Å². The molecule has 1 saturated heterocycles. The first-order chi connectivity index (χ1) is 18.9. The van der Waals surface area contributed by atoms with Crippen molar-refractivity contribution in [2.75, 3.05) is 25.1 Å². The number of hydrogen-bond acceptors (Lipinski definition) is 6. The van der Waals surface area contributed by atoms with E-state index in [4.69, 9.17) is 9.47 Å². The van der Waals surface area contributed by atoms with Crippen molar-refractivity contribution in [3.8, 4) is 0 Å². The van der Waals surface area contributed by atoms with Gasteiger partial charge in [-0.15, -0.1) is 0 Å². The molecule has 8 nitrogen and oxygen atoms in total. The minimum absolute atomic E-state index is 0.0705. The van der Waals surface area contributed by atoms with E-state index in [1.807, 2.05) is 46.8 Å². The number of amides is 3. The highest BCUT2D eigenvalue weighted by atomic mass is 16.5. The van der Waals surface area contributed by atoms with Crippen molar-refractivity contribution in [1.82, 2.24) is 4.90 Å². The van der Waals surface area contributed by atoms with Crippen LogP contribution in [-0.4, -0.2) is 48.3 Å². The fourth-order valence-electron chi connectivity index (χ4n) is 4.10. The molecule has 0 saturated carbocycles. The first kappa shape index (κ1) is 33.7. The average Bonchev–Trinajstić information content (AvgIpc) is 2.87. The summed E-state index contributed by atoms with van der Waals surface area (Å²) in [4.78, 5) is 52.1. The summed E-state index contributed by atoms with van der Waals surface area (Å²) in [5.41, 5.74) is -1.68. The van der Waals surface area contributed by atoms with Gasteiger partial charge in [-0.3, -0.25) is 24.1 Å². The number of esters is 1. The smallest absolute Gasteiger partial charge is 0.319 e. The number of benzene rings is 1. The number of β-lactam (4-membered cyclic amide) rings is 1. The van der Waals surface area contributed by atoms with Gasteiger partial charge in [0.15, 0.2) is 0 Å². The second kappa shape index (κ2) is 13.0. The lowest BCUT2D eigenvalue weighted by Gasteiger charge is -2.45. The number of likely N-dealkylation sites (tertiary alicyclic amines) is 1. The molecule has 0 unspecified atom stereocenters. The molecule has 8 heteroatoms. The Bertz CT molecular complexity index is 1220. The van der Waals surface area contributed by atoms with Crippen LogP contribution in [0.25, 0.3) is 0 Å². The molecule has 1 aromatic carbocycles. The molecule has 0 spiro atoms. The number of imide groups is 1. The molecule has 1 aliphatic rings. The zero-order valence-corrected chi connectivity index (χ0v) is 26.1. The topological polar surface area (TPSA) is 102 Å². The molecule has 0 bridgehead atoms. The fourth-order valence-corrected chi connectivity index (χ4v) is 4.10. The highest BCUT2D eigenvalue weighted by Crippen LogP contribution is 2.43. The van der Waals surface area contributed by atoms with Crippen molar-refractivity contribution in [2.24, 2.45) is 16.2 Å². The second-order valence-corrected chi connectivity index (χ2v) is 12.8. The summed E-state index contributed by atoms with van der Waals surface area (Å²) in [5.74, 6) is -0.612. The molecule has 0 aromatic heterocycles. The summed E-state index contributed by atoms with van der Waals surface area (Å²) in [6.45, 7) is 20.8. The summed E-state index contributed by atoms with van der Waals surface area (Å²) in [6, 6.07) is 7.39. The van der Waals surface area contributed by atoms with Crippen molar-refractivity contribution in [1.29, 1.82) is 0 Å². The second-order valence-electron chi connectivity index (χ2n) is 12.8.